The number of carbonyl (C=O) groups is 2. The Balaban J connectivity index is 1.46. The van der Waals surface area contributed by atoms with E-state index in [1.165, 1.54) is 0 Å². The molecule has 2 heterocycles. The number of benzene rings is 1. The molecule has 0 spiro atoms. The summed E-state index contributed by atoms with van der Waals surface area (Å²) < 4.78 is 10.9. The monoisotopic (exact) mass is 332 g/mol. The molecule has 1 N–H and O–H groups in total. The number of rotatable bonds is 6. The van der Waals surface area contributed by atoms with Crippen molar-refractivity contribution < 1.29 is 19.1 Å². The molecule has 0 saturated carbocycles. The minimum atomic E-state index is -0.0898. The number of hydrogen-bond donors (Lipinski definition) is 1. The molecule has 0 radical (unpaired) electrons. The summed E-state index contributed by atoms with van der Waals surface area (Å²) in [5.41, 5.74) is 0.653. The molecule has 130 valence electrons. The summed E-state index contributed by atoms with van der Waals surface area (Å²) in [6, 6.07) is 9.27. The number of nitrogens with one attached hydrogen (secondary N) is 1. The van der Waals surface area contributed by atoms with Gasteiger partial charge in [-0.05, 0) is 0 Å². The first-order chi connectivity index (χ1) is 11.7. The lowest BCUT2D eigenvalue weighted by atomic mass is 10.1. The predicted molar refractivity (Wildman–Crippen MR) is 88.9 cm³/mol. The molecule has 6 heteroatoms. The van der Waals surface area contributed by atoms with Gasteiger partial charge in [0.2, 0.25) is 5.91 Å². The van der Waals surface area contributed by atoms with Gasteiger partial charge in [0.25, 0.3) is 0 Å². The maximum absolute atomic E-state index is 12.2. The average molecular weight is 332 g/mol. The Bertz CT molecular complexity index is 557. The number of carbonyl (C=O) groups excluding carboxylic acids is 2. The van der Waals surface area contributed by atoms with E-state index in [0.717, 1.165) is 26.3 Å². The Hall–Kier alpha value is -1.76. The molecule has 2 aliphatic rings. The van der Waals surface area contributed by atoms with Gasteiger partial charge in [0.1, 0.15) is 0 Å². The van der Waals surface area contributed by atoms with E-state index in [1.807, 2.05) is 18.2 Å². The molecule has 0 bridgehead atoms. The van der Waals surface area contributed by atoms with E-state index < -0.39 is 0 Å². The fraction of sp³-hybridized carbons (Fsp3) is 0.556. The molecule has 1 amide bonds. The standard InChI is InChI=1S/C18H24N2O4/c21-17(14-4-2-1-3-5-14)6-7-18(22)19-15-12-24-13-16(15)20-8-10-23-11-9-20/h1-5,15-16H,6-13H2,(H,19,22)/t15-,16-/m0/s1. The highest BCUT2D eigenvalue weighted by atomic mass is 16.5. The Kier molecular flexibility index (Phi) is 5.96. The maximum Gasteiger partial charge on any atom is 0.220 e. The van der Waals surface area contributed by atoms with Gasteiger partial charge in [0.15, 0.2) is 5.78 Å². The van der Waals surface area contributed by atoms with Gasteiger partial charge in [0.05, 0.1) is 38.5 Å². The largest absolute Gasteiger partial charge is 0.379 e. The van der Waals surface area contributed by atoms with E-state index in [-0.39, 0.29) is 36.6 Å². The zero-order valence-corrected chi connectivity index (χ0v) is 13.8. The van der Waals surface area contributed by atoms with Crippen molar-refractivity contribution in [2.24, 2.45) is 0 Å². The molecular weight excluding hydrogens is 308 g/mol. The molecular formula is C18H24N2O4. The van der Waals surface area contributed by atoms with Crippen LogP contribution in [0.1, 0.15) is 23.2 Å². The van der Waals surface area contributed by atoms with Crippen molar-refractivity contribution in [1.82, 2.24) is 10.2 Å². The topological polar surface area (TPSA) is 67.9 Å². The van der Waals surface area contributed by atoms with Crippen LogP contribution in [0.15, 0.2) is 30.3 Å². The Morgan fingerprint density at radius 2 is 1.79 bits per heavy atom. The minimum Gasteiger partial charge on any atom is -0.379 e. The molecule has 2 atom stereocenters. The molecule has 0 aliphatic carbocycles. The third-order valence-corrected chi connectivity index (χ3v) is 4.59. The Morgan fingerprint density at radius 1 is 1.04 bits per heavy atom. The fourth-order valence-electron chi connectivity index (χ4n) is 3.22. The zero-order chi connectivity index (χ0) is 16.8. The molecule has 1 aromatic rings. The minimum absolute atomic E-state index is 0.00171. The second kappa shape index (κ2) is 8.37. The van der Waals surface area contributed by atoms with Gasteiger partial charge in [-0.1, -0.05) is 30.3 Å². The first kappa shape index (κ1) is 17.1. The maximum atomic E-state index is 12.2. The number of nitrogens with zero attached hydrogens (tertiary/aromatic N) is 1. The van der Waals surface area contributed by atoms with Crippen LogP contribution in [0.2, 0.25) is 0 Å². The third kappa shape index (κ3) is 4.41. The van der Waals surface area contributed by atoms with Gasteiger partial charge in [-0.15, -0.1) is 0 Å². The summed E-state index contributed by atoms with van der Waals surface area (Å²) in [5, 5.41) is 3.03. The molecule has 24 heavy (non-hydrogen) atoms. The molecule has 2 fully saturated rings. The molecule has 3 rings (SSSR count). The molecule has 1 aromatic carbocycles. The fourth-order valence-corrected chi connectivity index (χ4v) is 3.22. The van der Waals surface area contributed by atoms with Crippen LogP contribution >= 0.6 is 0 Å². The van der Waals surface area contributed by atoms with Crippen LogP contribution in [0, 0.1) is 0 Å². The van der Waals surface area contributed by atoms with Crippen molar-refractivity contribution >= 4 is 11.7 Å². The highest BCUT2D eigenvalue weighted by Crippen LogP contribution is 2.15. The number of ketones is 1. The van der Waals surface area contributed by atoms with Gasteiger partial charge in [0, 0.05) is 31.5 Å². The highest BCUT2D eigenvalue weighted by Gasteiger charge is 2.34. The number of amides is 1. The van der Waals surface area contributed by atoms with Crippen LogP contribution in [-0.2, 0) is 14.3 Å². The lowest BCUT2D eigenvalue weighted by Gasteiger charge is -2.34. The van der Waals surface area contributed by atoms with E-state index in [1.54, 1.807) is 12.1 Å². The molecule has 6 nitrogen and oxygen atoms in total. The first-order valence-corrected chi connectivity index (χ1v) is 8.51. The van der Waals surface area contributed by atoms with Gasteiger partial charge in [-0.3, -0.25) is 14.5 Å². The van der Waals surface area contributed by atoms with Crippen LogP contribution in [0.4, 0.5) is 0 Å². The predicted octanol–water partition coefficient (Wildman–Crippen LogP) is 0.865. The average Bonchev–Trinajstić information content (AvgIpc) is 3.09. The molecule has 0 unspecified atom stereocenters. The van der Waals surface area contributed by atoms with Crippen molar-refractivity contribution in [3.05, 3.63) is 35.9 Å². The summed E-state index contributed by atoms with van der Waals surface area (Å²) in [4.78, 5) is 26.6. The molecule has 2 aliphatic heterocycles. The number of Topliss-reactive ketones (excluding diaryl/α,β-unsaturated/α-hetero) is 1. The van der Waals surface area contributed by atoms with Crippen molar-refractivity contribution in [3.63, 3.8) is 0 Å². The summed E-state index contributed by atoms with van der Waals surface area (Å²) in [7, 11) is 0. The van der Waals surface area contributed by atoms with E-state index >= 15 is 0 Å². The number of hydrogen-bond acceptors (Lipinski definition) is 5. The number of ether oxygens (including phenoxy) is 2. The van der Waals surface area contributed by atoms with Crippen LogP contribution in [0.25, 0.3) is 0 Å². The normalized spacial score (nSPS) is 24.7. The third-order valence-electron chi connectivity index (χ3n) is 4.59. The summed E-state index contributed by atoms with van der Waals surface area (Å²) >= 11 is 0. The second-order valence-electron chi connectivity index (χ2n) is 6.22. The van der Waals surface area contributed by atoms with Crippen LogP contribution in [0.3, 0.4) is 0 Å². The van der Waals surface area contributed by atoms with E-state index in [0.29, 0.717) is 18.8 Å². The van der Waals surface area contributed by atoms with E-state index in [9.17, 15) is 9.59 Å². The van der Waals surface area contributed by atoms with Gasteiger partial charge in [-0.2, -0.15) is 0 Å². The smallest absolute Gasteiger partial charge is 0.220 e. The van der Waals surface area contributed by atoms with Crippen molar-refractivity contribution in [3.8, 4) is 0 Å². The molecule has 2 saturated heterocycles. The van der Waals surface area contributed by atoms with Gasteiger partial charge in [-0.25, -0.2) is 0 Å². The zero-order valence-electron chi connectivity index (χ0n) is 13.8. The molecule has 0 aromatic heterocycles. The Morgan fingerprint density at radius 3 is 2.54 bits per heavy atom. The van der Waals surface area contributed by atoms with E-state index in [4.69, 9.17) is 9.47 Å². The summed E-state index contributed by atoms with van der Waals surface area (Å²) in [5.74, 6) is -0.0915. The van der Waals surface area contributed by atoms with Crippen LogP contribution in [0.5, 0.6) is 0 Å². The lowest BCUT2D eigenvalue weighted by molar-refractivity contribution is -0.122. The van der Waals surface area contributed by atoms with E-state index in [2.05, 4.69) is 10.2 Å². The SMILES string of the molecule is O=C(CCC(=O)c1ccccc1)N[C@H]1COC[C@@H]1N1CCOCC1. The first-order valence-electron chi connectivity index (χ1n) is 8.51. The van der Waals surface area contributed by atoms with Crippen molar-refractivity contribution in [2.45, 2.75) is 24.9 Å². The van der Waals surface area contributed by atoms with Crippen LogP contribution in [-0.4, -0.2) is 68.2 Å². The second-order valence-corrected chi connectivity index (χ2v) is 6.22. The summed E-state index contributed by atoms with van der Waals surface area (Å²) in [6.07, 6.45) is 0.436. The lowest BCUT2D eigenvalue weighted by Crippen LogP contribution is -2.54. The van der Waals surface area contributed by atoms with Crippen LogP contribution < -0.4 is 5.32 Å². The highest BCUT2D eigenvalue weighted by molar-refractivity contribution is 5.97. The van der Waals surface area contributed by atoms with Crippen molar-refractivity contribution in [2.75, 3.05) is 39.5 Å². The Labute approximate surface area is 142 Å². The van der Waals surface area contributed by atoms with Gasteiger partial charge < -0.3 is 14.8 Å². The quantitative estimate of drug-likeness (QED) is 0.783. The van der Waals surface area contributed by atoms with Gasteiger partial charge >= 0.3 is 0 Å². The number of morpholine rings is 1. The summed E-state index contributed by atoms with van der Waals surface area (Å²) in [6.45, 7) is 4.35. The van der Waals surface area contributed by atoms with Crippen molar-refractivity contribution in [1.29, 1.82) is 0 Å².